The van der Waals surface area contributed by atoms with Crippen LogP contribution >= 0.6 is 0 Å². The summed E-state index contributed by atoms with van der Waals surface area (Å²) in [5.74, 6) is 0. The van der Waals surface area contributed by atoms with Gasteiger partial charge in [0.05, 0.1) is 6.61 Å². The highest BCUT2D eigenvalue weighted by molar-refractivity contribution is 6.48. The minimum absolute atomic E-state index is 0.0248. The molecule has 0 aliphatic rings. The summed E-state index contributed by atoms with van der Waals surface area (Å²) in [7, 11) is 1.11. The van der Waals surface area contributed by atoms with Crippen molar-refractivity contribution in [3.8, 4) is 0 Å². The van der Waals surface area contributed by atoms with E-state index in [9.17, 15) is 13.2 Å². The Morgan fingerprint density at radius 3 is 1.94 bits per heavy atom. The lowest BCUT2D eigenvalue weighted by Crippen LogP contribution is -2.00. The second kappa shape index (κ2) is 12.6. The number of halogens is 3. The smallest absolute Gasteiger partial charge is 0.342 e. The minimum atomic E-state index is -2.39. The Balaban J connectivity index is 0. The van der Waals surface area contributed by atoms with Crippen molar-refractivity contribution in [2.24, 2.45) is 0 Å². The van der Waals surface area contributed by atoms with Gasteiger partial charge in [0.1, 0.15) is 0 Å². The van der Waals surface area contributed by atoms with Crippen LogP contribution in [0.2, 0.25) is 13.1 Å². The average molecular weight is 258 g/mol. The zero-order valence-electron chi connectivity index (χ0n) is 10.4. The van der Waals surface area contributed by atoms with Crippen molar-refractivity contribution < 1.29 is 22.3 Å². The Morgan fingerprint density at radius 1 is 1.12 bits per heavy atom. The van der Waals surface area contributed by atoms with E-state index in [2.05, 4.69) is 17.8 Å². The molecule has 0 N–H and O–H groups in total. The van der Waals surface area contributed by atoms with Crippen molar-refractivity contribution in [3.63, 3.8) is 0 Å². The quantitative estimate of drug-likeness (QED) is 0.409. The first-order valence-electron chi connectivity index (χ1n) is 5.32. The van der Waals surface area contributed by atoms with Crippen molar-refractivity contribution in [1.29, 1.82) is 0 Å². The maximum Gasteiger partial charge on any atom is 0.342 e. The molecule has 0 radical (unpaired) electrons. The van der Waals surface area contributed by atoms with Crippen molar-refractivity contribution in [2.75, 3.05) is 13.7 Å². The number of hydrogen-bond donors (Lipinski definition) is 0. The van der Waals surface area contributed by atoms with E-state index in [1.807, 2.05) is 6.92 Å². The molecule has 0 aliphatic heterocycles. The molecule has 0 aliphatic carbocycles. The van der Waals surface area contributed by atoms with Crippen LogP contribution in [0.4, 0.5) is 13.2 Å². The fourth-order valence-electron chi connectivity index (χ4n) is 0.568. The van der Waals surface area contributed by atoms with Gasteiger partial charge in [-0.1, -0.05) is 19.8 Å². The van der Waals surface area contributed by atoms with Gasteiger partial charge in [0, 0.05) is 7.11 Å². The molecule has 2 nitrogen and oxygen atoms in total. The molecule has 0 spiro atoms. The molecule has 0 unspecified atom stereocenters. The van der Waals surface area contributed by atoms with Crippen LogP contribution in [0.3, 0.4) is 0 Å². The molecular weight excluding hydrogens is 237 g/mol. The monoisotopic (exact) mass is 258 g/mol. The second-order valence-corrected chi connectivity index (χ2v) is 5.94. The molecule has 0 heterocycles. The second-order valence-electron chi connectivity index (χ2n) is 3.37. The molecule has 0 aromatic heterocycles. The van der Waals surface area contributed by atoms with Gasteiger partial charge < -0.3 is 9.16 Å². The normalized spacial score (nSPS) is 9.50. The standard InChI is InChI=1S/C7H11F3O.C3H10OSi/c1-2-3-4-5-11-7(10)6(8)9;1-4-5(2)3/h2-5H2,1H3;5H,1-3H3. The summed E-state index contributed by atoms with van der Waals surface area (Å²) in [6, 6.07) is -1.75. The highest BCUT2D eigenvalue weighted by Crippen LogP contribution is 2.10. The Labute approximate surface area is 97.2 Å². The SMILES string of the molecule is CCCCCOC(F)=C(F)F.CO[SiH](C)C. The van der Waals surface area contributed by atoms with Gasteiger partial charge >= 0.3 is 12.1 Å². The summed E-state index contributed by atoms with van der Waals surface area (Å²) in [4.78, 5) is 0. The highest BCUT2D eigenvalue weighted by atomic mass is 28.3. The van der Waals surface area contributed by atoms with Crippen LogP contribution in [0, 0.1) is 0 Å². The lowest BCUT2D eigenvalue weighted by atomic mass is 10.3. The van der Waals surface area contributed by atoms with Gasteiger partial charge in [-0.3, -0.25) is 0 Å². The van der Waals surface area contributed by atoms with E-state index in [1.165, 1.54) is 0 Å². The maximum absolute atomic E-state index is 11.9. The van der Waals surface area contributed by atoms with Gasteiger partial charge in [0.15, 0.2) is 9.04 Å². The zero-order valence-corrected chi connectivity index (χ0v) is 11.5. The van der Waals surface area contributed by atoms with Gasteiger partial charge in [-0.25, -0.2) is 0 Å². The lowest BCUT2D eigenvalue weighted by molar-refractivity contribution is 0.116. The van der Waals surface area contributed by atoms with Gasteiger partial charge in [-0.15, -0.1) is 0 Å². The Morgan fingerprint density at radius 2 is 1.62 bits per heavy atom. The van der Waals surface area contributed by atoms with Crippen LogP contribution in [0.15, 0.2) is 12.1 Å². The molecule has 0 fully saturated rings. The van der Waals surface area contributed by atoms with Crippen LogP contribution in [0.5, 0.6) is 0 Å². The minimum Gasteiger partial charge on any atom is -0.467 e. The van der Waals surface area contributed by atoms with Crippen LogP contribution in [0.1, 0.15) is 26.2 Å². The van der Waals surface area contributed by atoms with E-state index in [0.717, 1.165) is 12.8 Å². The summed E-state index contributed by atoms with van der Waals surface area (Å²) in [5, 5.41) is 0. The number of hydrogen-bond acceptors (Lipinski definition) is 2. The van der Waals surface area contributed by atoms with Crippen LogP contribution in [0.25, 0.3) is 0 Å². The third-order valence-electron chi connectivity index (χ3n) is 1.60. The van der Waals surface area contributed by atoms with Crippen molar-refractivity contribution in [1.82, 2.24) is 0 Å². The summed E-state index contributed by atoms with van der Waals surface area (Å²) in [5.41, 5.74) is 0. The number of rotatable bonds is 6. The Bertz CT molecular complexity index is 183. The summed E-state index contributed by atoms with van der Waals surface area (Å²) < 4.78 is 43.5. The first-order valence-corrected chi connectivity index (χ1v) is 8.10. The first-order chi connectivity index (χ1) is 7.45. The van der Waals surface area contributed by atoms with Crippen molar-refractivity contribution in [3.05, 3.63) is 12.1 Å². The molecule has 0 aromatic carbocycles. The van der Waals surface area contributed by atoms with Crippen LogP contribution in [-0.4, -0.2) is 22.8 Å². The van der Waals surface area contributed by atoms with E-state index in [-0.39, 0.29) is 6.61 Å². The van der Waals surface area contributed by atoms with Gasteiger partial charge in [0.2, 0.25) is 0 Å². The Kier molecular flexibility index (Phi) is 14.1. The van der Waals surface area contributed by atoms with E-state index < -0.39 is 21.1 Å². The van der Waals surface area contributed by atoms with E-state index in [1.54, 1.807) is 7.11 Å². The van der Waals surface area contributed by atoms with E-state index in [0.29, 0.717) is 6.42 Å². The third kappa shape index (κ3) is 16.0. The predicted molar refractivity (Wildman–Crippen MR) is 61.7 cm³/mol. The third-order valence-corrected chi connectivity index (χ3v) is 2.54. The van der Waals surface area contributed by atoms with Gasteiger partial charge in [-0.05, 0) is 19.5 Å². The molecule has 16 heavy (non-hydrogen) atoms. The molecule has 0 bridgehead atoms. The zero-order chi connectivity index (χ0) is 13.0. The van der Waals surface area contributed by atoms with E-state index >= 15 is 0 Å². The molecule has 6 heteroatoms. The molecule has 0 saturated heterocycles. The lowest BCUT2D eigenvalue weighted by Gasteiger charge is -2.00. The summed E-state index contributed by atoms with van der Waals surface area (Å²) >= 11 is 0. The van der Waals surface area contributed by atoms with E-state index in [4.69, 9.17) is 4.43 Å². The topological polar surface area (TPSA) is 18.5 Å². The maximum atomic E-state index is 11.9. The van der Waals surface area contributed by atoms with Crippen LogP contribution < -0.4 is 0 Å². The van der Waals surface area contributed by atoms with Crippen molar-refractivity contribution in [2.45, 2.75) is 39.3 Å². The summed E-state index contributed by atoms with van der Waals surface area (Å²) in [6.45, 7) is 6.26. The Hall–Kier alpha value is -0.493. The highest BCUT2D eigenvalue weighted by Gasteiger charge is 2.04. The molecule has 98 valence electrons. The predicted octanol–water partition coefficient (Wildman–Crippen LogP) is 3.84. The molecule has 0 aromatic rings. The fraction of sp³-hybridized carbons (Fsp3) is 0.800. The molecule has 0 atom stereocenters. The molecular formula is C10H21F3O2Si. The summed E-state index contributed by atoms with van der Waals surface area (Å²) in [6.07, 6.45) is 0.0343. The fourth-order valence-corrected chi connectivity index (χ4v) is 0.568. The van der Waals surface area contributed by atoms with Gasteiger partial charge in [-0.2, -0.15) is 13.2 Å². The van der Waals surface area contributed by atoms with Crippen molar-refractivity contribution >= 4 is 9.04 Å². The van der Waals surface area contributed by atoms with Gasteiger partial charge in [0.25, 0.3) is 0 Å². The largest absolute Gasteiger partial charge is 0.467 e. The van der Waals surface area contributed by atoms with Crippen LogP contribution in [-0.2, 0) is 9.16 Å². The first kappa shape index (κ1) is 17.9. The molecule has 0 amide bonds. The number of ether oxygens (including phenoxy) is 1. The molecule has 0 saturated carbocycles. The average Bonchev–Trinajstić information content (AvgIpc) is 2.24. The number of unbranched alkanes of at least 4 members (excludes halogenated alkanes) is 2. The molecule has 0 rings (SSSR count).